The second kappa shape index (κ2) is 7.40. The quantitative estimate of drug-likeness (QED) is 0.847. The van der Waals surface area contributed by atoms with Crippen LogP contribution in [-0.2, 0) is 11.2 Å². The molecule has 0 saturated carbocycles. The fraction of sp³-hybridized carbons (Fsp3) is 0.611. The Bertz CT molecular complexity index is 476. The van der Waals surface area contributed by atoms with Crippen molar-refractivity contribution < 1.29 is 9.53 Å². The van der Waals surface area contributed by atoms with Crippen molar-refractivity contribution in [2.75, 3.05) is 13.1 Å². The lowest BCUT2D eigenvalue weighted by atomic mass is 9.90. The van der Waals surface area contributed by atoms with E-state index in [1.165, 1.54) is 5.56 Å². The fourth-order valence-electron chi connectivity index (χ4n) is 2.82. The molecule has 4 heteroatoms. The minimum Gasteiger partial charge on any atom is -0.444 e. The molecule has 0 aromatic heterocycles. The van der Waals surface area contributed by atoms with Crippen molar-refractivity contribution in [2.45, 2.75) is 50.9 Å². The van der Waals surface area contributed by atoms with Crippen LogP contribution in [-0.4, -0.2) is 34.9 Å². The molecule has 1 aliphatic heterocycles. The summed E-state index contributed by atoms with van der Waals surface area (Å²) >= 11 is 4.80. The molecule has 0 N–H and O–H groups in total. The van der Waals surface area contributed by atoms with Crippen molar-refractivity contribution in [2.24, 2.45) is 5.92 Å². The number of ether oxygens (including phenoxy) is 1. The van der Waals surface area contributed by atoms with Crippen LogP contribution in [0.2, 0.25) is 0 Å². The number of piperidine rings is 1. The van der Waals surface area contributed by atoms with Crippen LogP contribution >= 0.6 is 12.6 Å². The van der Waals surface area contributed by atoms with E-state index in [9.17, 15) is 4.79 Å². The van der Waals surface area contributed by atoms with Gasteiger partial charge in [0.2, 0.25) is 0 Å². The molecule has 1 aliphatic rings. The van der Waals surface area contributed by atoms with Crippen molar-refractivity contribution in [3.63, 3.8) is 0 Å². The van der Waals surface area contributed by atoms with Crippen LogP contribution in [0.25, 0.3) is 0 Å². The van der Waals surface area contributed by atoms with Crippen LogP contribution in [0, 0.1) is 5.92 Å². The van der Waals surface area contributed by atoms with Crippen molar-refractivity contribution in [3.05, 3.63) is 35.9 Å². The van der Waals surface area contributed by atoms with E-state index < -0.39 is 5.60 Å². The zero-order chi connectivity index (χ0) is 16.2. The lowest BCUT2D eigenvalue weighted by Crippen LogP contribution is -2.43. The predicted octanol–water partition coefficient (Wildman–Crippen LogP) is 4.17. The summed E-state index contributed by atoms with van der Waals surface area (Å²) in [7, 11) is 0. The molecule has 1 unspecified atom stereocenters. The molecule has 1 amide bonds. The zero-order valence-electron chi connectivity index (χ0n) is 13.8. The van der Waals surface area contributed by atoms with Gasteiger partial charge in [-0.2, -0.15) is 12.6 Å². The number of nitrogens with zero attached hydrogens (tertiary/aromatic N) is 1. The van der Waals surface area contributed by atoms with E-state index in [1.807, 2.05) is 31.7 Å². The Morgan fingerprint density at radius 2 is 1.86 bits per heavy atom. The summed E-state index contributed by atoms with van der Waals surface area (Å²) in [5, 5.41) is 0.350. The second-order valence-corrected chi connectivity index (χ2v) is 7.73. The fourth-order valence-corrected chi connectivity index (χ4v) is 3.32. The number of hydrogen-bond donors (Lipinski definition) is 1. The number of carbonyl (C=O) groups is 1. The monoisotopic (exact) mass is 321 g/mol. The molecule has 1 aromatic carbocycles. The topological polar surface area (TPSA) is 29.5 Å². The number of benzene rings is 1. The summed E-state index contributed by atoms with van der Waals surface area (Å²) in [5.41, 5.74) is 0.907. The number of thiol groups is 1. The first-order chi connectivity index (χ1) is 10.3. The molecule has 3 nitrogen and oxygen atoms in total. The molecule has 22 heavy (non-hydrogen) atoms. The smallest absolute Gasteiger partial charge is 0.410 e. The van der Waals surface area contributed by atoms with E-state index in [0.717, 1.165) is 32.4 Å². The summed E-state index contributed by atoms with van der Waals surface area (Å²) < 4.78 is 5.44. The normalized spacial score (nSPS) is 18.1. The number of likely N-dealkylation sites (tertiary alicyclic amines) is 1. The van der Waals surface area contributed by atoms with Gasteiger partial charge < -0.3 is 9.64 Å². The highest BCUT2D eigenvalue weighted by Gasteiger charge is 2.29. The Hall–Kier alpha value is -1.16. The lowest BCUT2D eigenvalue weighted by Gasteiger charge is -2.35. The molecule has 1 atom stereocenters. The minimum absolute atomic E-state index is 0.190. The summed E-state index contributed by atoms with van der Waals surface area (Å²) in [5.74, 6) is 0.558. The largest absolute Gasteiger partial charge is 0.444 e. The van der Waals surface area contributed by atoms with E-state index in [2.05, 4.69) is 24.3 Å². The highest BCUT2D eigenvalue weighted by Crippen LogP contribution is 2.27. The standard InChI is InChI=1S/C18H27NO2S/c1-18(2,3)21-17(20)19-11-9-15(10-12-19)16(22)13-14-7-5-4-6-8-14/h4-8,15-16,22H,9-13H2,1-3H3. The SMILES string of the molecule is CC(C)(C)OC(=O)N1CCC(C(S)Cc2ccccc2)CC1. The van der Waals surface area contributed by atoms with Crippen LogP contribution in [0.1, 0.15) is 39.2 Å². The van der Waals surface area contributed by atoms with Gasteiger partial charge in [-0.1, -0.05) is 30.3 Å². The maximum atomic E-state index is 12.1. The summed E-state index contributed by atoms with van der Waals surface area (Å²) in [4.78, 5) is 13.9. The van der Waals surface area contributed by atoms with Crippen LogP contribution < -0.4 is 0 Å². The third-order valence-corrected chi connectivity index (χ3v) is 4.63. The van der Waals surface area contributed by atoms with E-state index in [-0.39, 0.29) is 6.09 Å². The first-order valence-electron chi connectivity index (χ1n) is 8.05. The van der Waals surface area contributed by atoms with Gasteiger partial charge in [0.05, 0.1) is 0 Å². The maximum absolute atomic E-state index is 12.1. The summed E-state index contributed by atoms with van der Waals surface area (Å²) in [6, 6.07) is 10.5. The van der Waals surface area contributed by atoms with Crippen molar-refractivity contribution in [1.82, 2.24) is 4.90 Å². The Kier molecular flexibility index (Phi) is 5.79. The number of rotatable bonds is 3. The van der Waals surface area contributed by atoms with Gasteiger partial charge in [0.1, 0.15) is 5.60 Å². The van der Waals surface area contributed by atoms with Gasteiger partial charge in [-0.15, -0.1) is 0 Å². The molecular weight excluding hydrogens is 294 g/mol. The highest BCUT2D eigenvalue weighted by atomic mass is 32.1. The van der Waals surface area contributed by atoms with Crippen LogP contribution in [0.15, 0.2) is 30.3 Å². The van der Waals surface area contributed by atoms with Gasteiger partial charge in [-0.05, 0) is 51.5 Å². The maximum Gasteiger partial charge on any atom is 0.410 e. The van der Waals surface area contributed by atoms with Crippen LogP contribution in [0.4, 0.5) is 4.79 Å². The van der Waals surface area contributed by atoms with E-state index in [4.69, 9.17) is 17.4 Å². The summed E-state index contributed by atoms with van der Waals surface area (Å²) in [6.45, 7) is 7.25. The molecule has 0 bridgehead atoms. The van der Waals surface area contributed by atoms with Gasteiger partial charge in [0.15, 0.2) is 0 Å². The Morgan fingerprint density at radius 1 is 1.27 bits per heavy atom. The first-order valence-corrected chi connectivity index (χ1v) is 8.57. The van der Waals surface area contributed by atoms with Crippen molar-refractivity contribution >= 4 is 18.7 Å². The van der Waals surface area contributed by atoms with E-state index >= 15 is 0 Å². The molecule has 0 aliphatic carbocycles. The second-order valence-electron chi connectivity index (χ2n) is 7.06. The number of carbonyl (C=O) groups excluding carboxylic acids is 1. The molecular formula is C18H27NO2S. The molecule has 1 heterocycles. The number of hydrogen-bond acceptors (Lipinski definition) is 3. The van der Waals surface area contributed by atoms with Gasteiger partial charge >= 0.3 is 6.09 Å². The summed E-state index contributed by atoms with van der Waals surface area (Å²) in [6.07, 6.45) is 2.80. The van der Waals surface area contributed by atoms with Gasteiger partial charge in [0, 0.05) is 18.3 Å². The van der Waals surface area contributed by atoms with Crippen molar-refractivity contribution in [1.29, 1.82) is 0 Å². The molecule has 2 rings (SSSR count). The molecule has 122 valence electrons. The molecule has 1 aromatic rings. The average Bonchev–Trinajstić information content (AvgIpc) is 2.46. The van der Waals surface area contributed by atoms with Crippen molar-refractivity contribution in [3.8, 4) is 0 Å². The minimum atomic E-state index is -0.423. The Balaban J connectivity index is 1.80. The molecule has 0 spiro atoms. The highest BCUT2D eigenvalue weighted by molar-refractivity contribution is 7.81. The lowest BCUT2D eigenvalue weighted by molar-refractivity contribution is 0.0183. The van der Waals surface area contributed by atoms with Gasteiger partial charge in [0.25, 0.3) is 0 Å². The zero-order valence-corrected chi connectivity index (χ0v) is 14.7. The Morgan fingerprint density at radius 3 is 2.41 bits per heavy atom. The molecule has 1 saturated heterocycles. The third-order valence-electron chi connectivity index (χ3n) is 4.02. The molecule has 1 fully saturated rings. The Labute approximate surface area is 139 Å². The van der Waals surface area contributed by atoms with E-state index in [1.54, 1.807) is 0 Å². The third kappa shape index (κ3) is 5.24. The van der Waals surface area contributed by atoms with E-state index in [0.29, 0.717) is 11.2 Å². The number of amides is 1. The van der Waals surface area contributed by atoms with Gasteiger partial charge in [-0.3, -0.25) is 0 Å². The van der Waals surface area contributed by atoms with Gasteiger partial charge in [-0.25, -0.2) is 4.79 Å². The predicted molar refractivity (Wildman–Crippen MR) is 93.5 cm³/mol. The average molecular weight is 321 g/mol. The molecule has 0 radical (unpaired) electrons. The van der Waals surface area contributed by atoms with Crippen LogP contribution in [0.5, 0.6) is 0 Å². The van der Waals surface area contributed by atoms with Crippen LogP contribution in [0.3, 0.4) is 0 Å². The first kappa shape index (κ1) is 17.2.